The lowest BCUT2D eigenvalue weighted by molar-refractivity contribution is -0.134. The van der Waals surface area contributed by atoms with Crippen molar-refractivity contribution >= 4 is 5.78 Å². The van der Waals surface area contributed by atoms with Crippen LogP contribution in [0.2, 0.25) is 0 Å². The summed E-state index contributed by atoms with van der Waals surface area (Å²) < 4.78 is 0. The Morgan fingerprint density at radius 1 is 1.04 bits per heavy atom. The molecule has 23 heavy (non-hydrogen) atoms. The summed E-state index contributed by atoms with van der Waals surface area (Å²) in [4.78, 5) is 12.8. The fraction of sp³-hybridized carbons (Fsp3) is 0.864. The van der Waals surface area contributed by atoms with Gasteiger partial charge in [-0.25, -0.2) is 0 Å². The van der Waals surface area contributed by atoms with E-state index in [1.807, 2.05) is 5.57 Å². The maximum Gasteiger partial charge on any atom is 0.141 e. The molecule has 128 valence electrons. The van der Waals surface area contributed by atoms with Gasteiger partial charge in [0.15, 0.2) is 0 Å². The molecule has 0 spiro atoms. The van der Waals surface area contributed by atoms with Crippen molar-refractivity contribution in [3.8, 4) is 0 Å². The number of hydrogen-bond acceptors (Lipinski definition) is 1. The van der Waals surface area contributed by atoms with Gasteiger partial charge >= 0.3 is 0 Å². The molecule has 0 aromatic carbocycles. The van der Waals surface area contributed by atoms with E-state index in [0.29, 0.717) is 23.0 Å². The number of allylic oxidation sites excluding steroid dienone is 2. The molecular weight excluding hydrogens is 280 g/mol. The summed E-state index contributed by atoms with van der Waals surface area (Å²) in [6, 6.07) is 0. The minimum atomic E-state index is -0.00495. The normalized spacial score (nSPS) is 52.9. The highest BCUT2D eigenvalue weighted by molar-refractivity contribution is 5.89. The van der Waals surface area contributed by atoms with E-state index < -0.39 is 0 Å². The van der Waals surface area contributed by atoms with Crippen molar-refractivity contribution in [2.24, 2.45) is 40.4 Å². The largest absolute Gasteiger partial charge is 0.299 e. The van der Waals surface area contributed by atoms with E-state index in [1.165, 1.54) is 32.1 Å². The molecule has 2 unspecified atom stereocenters. The zero-order valence-electron chi connectivity index (χ0n) is 15.7. The summed E-state index contributed by atoms with van der Waals surface area (Å²) >= 11 is 0. The molecule has 0 radical (unpaired) electrons. The molecular formula is C22H34O. The molecule has 4 rings (SSSR count). The van der Waals surface area contributed by atoms with Gasteiger partial charge in [0.05, 0.1) is 0 Å². The van der Waals surface area contributed by atoms with Crippen LogP contribution in [0.15, 0.2) is 11.1 Å². The van der Waals surface area contributed by atoms with Gasteiger partial charge in [-0.2, -0.15) is 0 Å². The van der Waals surface area contributed by atoms with Crippen LogP contribution in [0.1, 0.15) is 79.6 Å². The first-order valence-corrected chi connectivity index (χ1v) is 10.0. The van der Waals surface area contributed by atoms with Crippen molar-refractivity contribution in [2.75, 3.05) is 0 Å². The zero-order chi connectivity index (χ0) is 16.6. The number of carbonyl (C=O) groups excluding carboxylic acids is 1. The molecule has 0 aromatic heterocycles. The van der Waals surface area contributed by atoms with Gasteiger partial charge in [0, 0.05) is 11.3 Å². The first-order valence-electron chi connectivity index (χ1n) is 10.0. The van der Waals surface area contributed by atoms with Crippen LogP contribution < -0.4 is 0 Å². The predicted octanol–water partition coefficient (Wildman–Crippen LogP) is 5.79. The van der Waals surface area contributed by atoms with Gasteiger partial charge in [-0.05, 0) is 81.0 Å². The van der Waals surface area contributed by atoms with Crippen LogP contribution in [0.5, 0.6) is 0 Å². The van der Waals surface area contributed by atoms with Crippen molar-refractivity contribution in [2.45, 2.75) is 79.6 Å². The van der Waals surface area contributed by atoms with E-state index in [2.05, 4.69) is 34.6 Å². The fourth-order valence-corrected chi connectivity index (χ4v) is 7.65. The Hall–Kier alpha value is -0.590. The predicted molar refractivity (Wildman–Crippen MR) is 95.0 cm³/mol. The number of fused-ring (bicyclic) bond motifs is 5. The smallest absolute Gasteiger partial charge is 0.141 e. The maximum atomic E-state index is 12.8. The monoisotopic (exact) mass is 314 g/mol. The third kappa shape index (κ3) is 2.01. The molecule has 3 fully saturated rings. The lowest BCUT2D eigenvalue weighted by Crippen LogP contribution is -2.51. The lowest BCUT2D eigenvalue weighted by atomic mass is 9.46. The van der Waals surface area contributed by atoms with Gasteiger partial charge in [-0.15, -0.1) is 0 Å². The van der Waals surface area contributed by atoms with Gasteiger partial charge in [0.1, 0.15) is 5.78 Å². The van der Waals surface area contributed by atoms with E-state index in [1.54, 1.807) is 5.57 Å². The minimum absolute atomic E-state index is 0.00495. The summed E-state index contributed by atoms with van der Waals surface area (Å²) in [6.45, 7) is 11.9. The quantitative estimate of drug-likeness (QED) is 0.517. The molecule has 0 saturated heterocycles. The van der Waals surface area contributed by atoms with Gasteiger partial charge in [0.25, 0.3) is 0 Å². The van der Waals surface area contributed by atoms with Crippen LogP contribution >= 0.6 is 0 Å². The first-order chi connectivity index (χ1) is 10.8. The van der Waals surface area contributed by atoms with Crippen LogP contribution in [0.4, 0.5) is 0 Å². The molecule has 0 N–H and O–H groups in total. The Morgan fingerprint density at radius 2 is 1.78 bits per heavy atom. The van der Waals surface area contributed by atoms with Crippen LogP contribution in [-0.2, 0) is 4.79 Å². The molecule has 1 heteroatoms. The SMILES string of the molecule is CC1=C2CCC(C)C[C@]2(C)[C@@H]2CC[C@]3(C)C(=O)C(C)C[C@H]3[C@@H]2C1. The zero-order valence-corrected chi connectivity index (χ0v) is 15.7. The average Bonchev–Trinajstić information content (AvgIpc) is 2.71. The Labute approximate surface area is 142 Å². The second-order valence-electron chi connectivity index (χ2n) is 10.1. The molecule has 0 aromatic rings. The van der Waals surface area contributed by atoms with Crippen molar-refractivity contribution in [1.82, 2.24) is 0 Å². The van der Waals surface area contributed by atoms with Crippen molar-refractivity contribution < 1.29 is 4.79 Å². The molecule has 0 bridgehead atoms. The first kappa shape index (κ1) is 15.9. The Morgan fingerprint density at radius 3 is 2.52 bits per heavy atom. The average molecular weight is 315 g/mol. The van der Waals surface area contributed by atoms with Crippen LogP contribution in [0, 0.1) is 40.4 Å². The molecule has 4 aliphatic rings. The van der Waals surface area contributed by atoms with E-state index in [-0.39, 0.29) is 5.41 Å². The van der Waals surface area contributed by atoms with Crippen LogP contribution in [0.25, 0.3) is 0 Å². The van der Waals surface area contributed by atoms with E-state index in [9.17, 15) is 4.79 Å². The highest BCUT2D eigenvalue weighted by atomic mass is 16.1. The van der Waals surface area contributed by atoms with Crippen molar-refractivity contribution in [1.29, 1.82) is 0 Å². The summed E-state index contributed by atoms with van der Waals surface area (Å²) in [6.07, 6.45) is 8.98. The summed E-state index contributed by atoms with van der Waals surface area (Å²) in [5.74, 6) is 3.99. The van der Waals surface area contributed by atoms with E-state index >= 15 is 0 Å². The molecule has 3 saturated carbocycles. The minimum Gasteiger partial charge on any atom is -0.299 e. The van der Waals surface area contributed by atoms with Gasteiger partial charge < -0.3 is 0 Å². The van der Waals surface area contributed by atoms with Gasteiger partial charge in [0.2, 0.25) is 0 Å². The topological polar surface area (TPSA) is 17.1 Å². The van der Waals surface area contributed by atoms with Gasteiger partial charge in [-0.1, -0.05) is 38.8 Å². The number of ketones is 1. The lowest BCUT2D eigenvalue weighted by Gasteiger charge is -2.58. The van der Waals surface area contributed by atoms with Gasteiger partial charge in [-0.3, -0.25) is 4.79 Å². The molecule has 0 aliphatic heterocycles. The summed E-state index contributed by atoms with van der Waals surface area (Å²) in [5, 5.41) is 0. The van der Waals surface area contributed by atoms with E-state index in [0.717, 1.165) is 30.6 Å². The summed E-state index contributed by atoms with van der Waals surface area (Å²) in [7, 11) is 0. The third-order valence-electron chi connectivity index (χ3n) is 8.67. The molecule has 0 heterocycles. The second kappa shape index (κ2) is 4.96. The summed E-state index contributed by atoms with van der Waals surface area (Å²) in [5.41, 5.74) is 3.94. The Balaban J connectivity index is 1.75. The molecule has 4 aliphatic carbocycles. The highest BCUT2D eigenvalue weighted by Crippen LogP contribution is 2.66. The molecule has 7 atom stereocenters. The number of Topliss-reactive ketones (excluding diaryl/α,β-unsaturated/α-hetero) is 1. The van der Waals surface area contributed by atoms with Crippen LogP contribution in [-0.4, -0.2) is 5.78 Å². The van der Waals surface area contributed by atoms with Crippen LogP contribution in [0.3, 0.4) is 0 Å². The third-order valence-corrected chi connectivity index (χ3v) is 8.67. The number of carbonyl (C=O) groups is 1. The maximum absolute atomic E-state index is 12.8. The van der Waals surface area contributed by atoms with E-state index in [4.69, 9.17) is 0 Å². The Kier molecular flexibility index (Phi) is 3.43. The molecule has 1 nitrogen and oxygen atoms in total. The highest BCUT2D eigenvalue weighted by Gasteiger charge is 2.60. The standard InChI is InChI=1S/C22H34O/c1-13-6-7-17-14(2)10-16-18(22(17,5)12-13)8-9-21(4)19(16)11-15(3)20(21)23/h13,15-16,18-19H,6-12H2,1-5H3/t13?,15?,16-,18-,19+,21+,22+/m1/s1. The number of rotatable bonds is 0. The molecule has 0 amide bonds. The van der Waals surface area contributed by atoms with Crippen molar-refractivity contribution in [3.63, 3.8) is 0 Å². The van der Waals surface area contributed by atoms with Crippen molar-refractivity contribution in [3.05, 3.63) is 11.1 Å². The number of hydrogen-bond donors (Lipinski definition) is 0. The fourth-order valence-electron chi connectivity index (χ4n) is 7.65. The second-order valence-corrected chi connectivity index (χ2v) is 10.1. The Bertz CT molecular complexity index is 573.